The summed E-state index contributed by atoms with van der Waals surface area (Å²) in [7, 11) is -2.40. The lowest BCUT2D eigenvalue weighted by molar-refractivity contribution is 0.0698. The number of aromatic nitrogens is 2. The van der Waals surface area contributed by atoms with Gasteiger partial charge in [0.15, 0.2) is 5.82 Å². The average molecular weight is 295 g/mol. The summed E-state index contributed by atoms with van der Waals surface area (Å²) >= 11 is 0. The summed E-state index contributed by atoms with van der Waals surface area (Å²) in [5.74, 6) is -1.33. The number of benzene rings is 1. The Hall–Kier alpha value is -2.35. The van der Waals surface area contributed by atoms with Crippen LogP contribution in [0.5, 0.6) is 0 Å². The molecule has 7 nitrogen and oxygen atoms in total. The van der Waals surface area contributed by atoms with E-state index < -0.39 is 16.0 Å². The molecule has 2 rings (SSSR count). The largest absolute Gasteiger partial charge is 0.477 e. The number of nitrogens with one attached hydrogen (secondary N) is 1. The van der Waals surface area contributed by atoms with Gasteiger partial charge in [-0.15, -0.1) is 0 Å². The van der Waals surface area contributed by atoms with E-state index in [2.05, 4.69) is 9.82 Å². The van der Waals surface area contributed by atoms with Crippen molar-refractivity contribution in [2.45, 2.75) is 11.8 Å². The molecule has 0 spiro atoms. The number of hydrogen-bond acceptors (Lipinski definition) is 4. The zero-order valence-corrected chi connectivity index (χ0v) is 11.7. The third-order valence-corrected chi connectivity index (χ3v) is 4.04. The van der Waals surface area contributed by atoms with E-state index in [1.807, 2.05) is 0 Å². The highest BCUT2D eigenvalue weighted by Gasteiger charge is 2.21. The minimum atomic E-state index is -3.86. The molecule has 1 aromatic heterocycles. The van der Waals surface area contributed by atoms with Gasteiger partial charge >= 0.3 is 5.97 Å². The molecule has 0 saturated heterocycles. The van der Waals surface area contributed by atoms with E-state index in [4.69, 9.17) is 5.11 Å². The van der Waals surface area contributed by atoms with Gasteiger partial charge in [0.25, 0.3) is 10.0 Å². The fraction of sp³-hybridized carbons (Fsp3) is 0.167. The Morgan fingerprint density at radius 3 is 2.70 bits per heavy atom. The number of hydrogen-bond donors (Lipinski definition) is 2. The predicted molar refractivity (Wildman–Crippen MR) is 72.2 cm³/mol. The normalized spacial score (nSPS) is 11.3. The summed E-state index contributed by atoms with van der Waals surface area (Å²) in [5.41, 5.74) is 0.583. The highest BCUT2D eigenvalue weighted by molar-refractivity contribution is 7.92. The Morgan fingerprint density at radius 2 is 2.10 bits per heavy atom. The lowest BCUT2D eigenvalue weighted by Crippen LogP contribution is -2.17. The molecule has 1 aromatic carbocycles. The van der Waals surface area contributed by atoms with Crippen molar-refractivity contribution in [3.63, 3.8) is 0 Å². The van der Waals surface area contributed by atoms with Crippen LogP contribution in [0.3, 0.4) is 0 Å². The van der Waals surface area contributed by atoms with Crippen LogP contribution in [0.15, 0.2) is 35.4 Å². The zero-order valence-electron chi connectivity index (χ0n) is 10.9. The molecule has 0 radical (unpaired) electrons. The predicted octanol–water partition coefficient (Wildman–Crippen LogP) is 1.23. The highest BCUT2D eigenvalue weighted by Crippen LogP contribution is 2.20. The Balaban J connectivity index is 2.44. The van der Waals surface area contributed by atoms with Crippen molar-refractivity contribution in [1.82, 2.24) is 9.78 Å². The molecule has 106 valence electrons. The van der Waals surface area contributed by atoms with Crippen LogP contribution in [0, 0.1) is 6.92 Å². The molecule has 0 fully saturated rings. The molecule has 0 amide bonds. The lowest BCUT2D eigenvalue weighted by Gasteiger charge is -2.09. The molecule has 8 heteroatoms. The Kier molecular flexibility index (Phi) is 3.49. The molecule has 0 atom stereocenters. The van der Waals surface area contributed by atoms with Gasteiger partial charge in [-0.3, -0.25) is 9.40 Å². The smallest absolute Gasteiger partial charge is 0.341 e. The van der Waals surface area contributed by atoms with E-state index >= 15 is 0 Å². The number of aryl methyl sites for hydroxylation is 2. The topological polar surface area (TPSA) is 101 Å². The van der Waals surface area contributed by atoms with Gasteiger partial charge in [-0.05, 0) is 24.6 Å². The second-order valence-electron chi connectivity index (χ2n) is 4.26. The van der Waals surface area contributed by atoms with E-state index in [9.17, 15) is 13.2 Å². The number of carboxylic acid groups (broad SMARTS) is 1. The minimum Gasteiger partial charge on any atom is -0.477 e. The third-order valence-electron chi connectivity index (χ3n) is 2.70. The van der Waals surface area contributed by atoms with Crippen LogP contribution in [0.2, 0.25) is 0 Å². The lowest BCUT2D eigenvalue weighted by atomic mass is 10.2. The molecule has 2 aromatic rings. The number of rotatable bonds is 4. The van der Waals surface area contributed by atoms with Crippen molar-refractivity contribution in [2.24, 2.45) is 7.05 Å². The minimum absolute atomic E-state index is 0.0649. The van der Waals surface area contributed by atoms with Crippen LogP contribution in [0.25, 0.3) is 0 Å². The summed E-state index contributed by atoms with van der Waals surface area (Å²) in [6.45, 7) is 1.77. The first-order valence-electron chi connectivity index (χ1n) is 5.66. The summed E-state index contributed by atoms with van der Waals surface area (Å²) in [6.07, 6.45) is 1.09. The molecule has 20 heavy (non-hydrogen) atoms. The molecular formula is C12H13N3O4S. The van der Waals surface area contributed by atoms with Crippen molar-refractivity contribution in [2.75, 3.05) is 4.72 Å². The maximum atomic E-state index is 12.2. The molecule has 0 bridgehead atoms. The van der Waals surface area contributed by atoms with Gasteiger partial charge in [0.1, 0.15) is 5.56 Å². The molecule has 0 unspecified atom stereocenters. The maximum Gasteiger partial charge on any atom is 0.341 e. The summed E-state index contributed by atoms with van der Waals surface area (Å²) in [5, 5.41) is 12.7. The van der Waals surface area contributed by atoms with Crippen molar-refractivity contribution in [3.05, 3.63) is 41.6 Å². The van der Waals surface area contributed by atoms with Gasteiger partial charge in [-0.2, -0.15) is 5.10 Å². The van der Waals surface area contributed by atoms with Crippen molar-refractivity contribution >= 4 is 21.8 Å². The zero-order chi connectivity index (χ0) is 14.9. The highest BCUT2D eigenvalue weighted by atomic mass is 32.2. The molecule has 0 aliphatic carbocycles. The Morgan fingerprint density at radius 1 is 1.40 bits per heavy atom. The Labute approximate surface area is 115 Å². The fourth-order valence-electron chi connectivity index (χ4n) is 1.68. The fourth-order valence-corrected chi connectivity index (χ4v) is 2.90. The van der Waals surface area contributed by atoms with Gasteiger partial charge in [-0.25, -0.2) is 13.2 Å². The van der Waals surface area contributed by atoms with E-state index in [0.717, 1.165) is 16.4 Å². The average Bonchev–Trinajstić information content (AvgIpc) is 2.71. The first-order chi connectivity index (χ1) is 9.31. The SMILES string of the molecule is Cc1cccc(S(=O)(=O)Nc2c(C(=O)O)cnn2C)c1. The molecule has 0 aliphatic heterocycles. The second kappa shape index (κ2) is 4.97. The molecule has 0 aliphatic rings. The van der Waals surface area contributed by atoms with E-state index in [-0.39, 0.29) is 16.3 Å². The van der Waals surface area contributed by atoms with E-state index in [1.54, 1.807) is 19.1 Å². The van der Waals surface area contributed by atoms with Crippen LogP contribution in [-0.2, 0) is 17.1 Å². The summed E-state index contributed by atoms with van der Waals surface area (Å²) in [4.78, 5) is 11.1. The van der Waals surface area contributed by atoms with Crippen LogP contribution >= 0.6 is 0 Å². The van der Waals surface area contributed by atoms with Gasteiger partial charge in [-0.1, -0.05) is 12.1 Å². The van der Waals surface area contributed by atoms with Gasteiger partial charge in [0.05, 0.1) is 11.1 Å². The van der Waals surface area contributed by atoms with Crippen molar-refractivity contribution in [1.29, 1.82) is 0 Å². The number of carboxylic acids is 1. The van der Waals surface area contributed by atoms with Gasteiger partial charge in [0.2, 0.25) is 0 Å². The molecule has 0 saturated carbocycles. The van der Waals surface area contributed by atoms with Crippen LogP contribution in [0.4, 0.5) is 5.82 Å². The summed E-state index contributed by atoms with van der Waals surface area (Å²) in [6, 6.07) is 6.32. The first kappa shape index (κ1) is 14.1. The quantitative estimate of drug-likeness (QED) is 0.883. The number of nitrogens with zero attached hydrogens (tertiary/aromatic N) is 2. The second-order valence-corrected chi connectivity index (χ2v) is 5.94. The number of aromatic carboxylic acids is 1. The van der Waals surface area contributed by atoms with E-state index in [0.29, 0.717) is 0 Å². The molecule has 1 heterocycles. The summed E-state index contributed by atoms with van der Waals surface area (Å²) < 4.78 is 27.9. The standard InChI is InChI=1S/C12H13N3O4S/c1-8-4-3-5-9(6-8)20(18,19)14-11-10(12(16)17)7-13-15(11)2/h3-7,14H,1-2H3,(H,16,17). The van der Waals surface area contributed by atoms with Crippen molar-refractivity contribution in [3.8, 4) is 0 Å². The molecular weight excluding hydrogens is 282 g/mol. The molecule has 2 N–H and O–H groups in total. The third kappa shape index (κ3) is 2.64. The van der Waals surface area contributed by atoms with Crippen LogP contribution < -0.4 is 4.72 Å². The van der Waals surface area contributed by atoms with E-state index in [1.165, 1.54) is 19.2 Å². The van der Waals surface area contributed by atoms with Crippen molar-refractivity contribution < 1.29 is 18.3 Å². The van der Waals surface area contributed by atoms with Gasteiger partial charge in [0, 0.05) is 7.05 Å². The van der Waals surface area contributed by atoms with Crippen LogP contribution in [0.1, 0.15) is 15.9 Å². The van der Waals surface area contributed by atoms with Gasteiger partial charge < -0.3 is 5.11 Å². The Bertz CT molecular complexity index is 765. The monoisotopic (exact) mass is 295 g/mol. The first-order valence-corrected chi connectivity index (χ1v) is 7.14. The number of sulfonamides is 1. The number of anilines is 1. The maximum absolute atomic E-state index is 12.2. The number of carbonyl (C=O) groups is 1. The van der Waals surface area contributed by atoms with Crippen LogP contribution in [-0.4, -0.2) is 29.3 Å².